The summed E-state index contributed by atoms with van der Waals surface area (Å²) in [6.07, 6.45) is 10.5. The van der Waals surface area contributed by atoms with Crippen LogP contribution >= 0.6 is 0 Å². The maximum atomic E-state index is 5.50. The Balaban J connectivity index is 0.000000128. The highest BCUT2D eigenvalue weighted by Gasteiger charge is 2.54. The minimum Gasteiger partial charge on any atom is -0.373 e. The second-order valence-electron chi connectivity index (χ2n) is 5.46. The van der Waals surface area contributed by atoms with Crippen LogP contribution in [0.1, 0.15) is 45.4 Å². The summed E-state index contributed by atoms with van der Waals surface area (Å²) >= 11 is 0. The average molecular weight is 236 g/mol. The van der Waals surface area contributed by atoms with E-state index in [-0.39, 0.29) is 5.60 Å². The number of epoxide rings is 2. The third kappa shape index (κ3) is 3.68. The van der Waals surface area contributed by atoms with Crippen LogP contribution in [0.25, 0.3) is 0 Å². The molecule has 2 nitrogen and oxygen atoms in total. The van der Waals surface area contributed by atoms with E-state index in [9.17, 15) is 0 Å². The van der Waals surface area contributed by atoms with Crippen LogP contribution in [0.4, 0.5) is 0 Å². The minimum absolute atomic E-state index is 0.151. The highest BCUT2D eigenvalue weighted by Crippen LogP contribution is 2.48. The Morgan fingerprint density at radius 1 is 1.47 bits per heavy atom. The molecule has 3 unspecified atom stereocenters. The van der Waals surface area contributed by atoms with Gasteiger partial charge in [0.15, 0.2) is 0 Å². The summed E-state index contributed by atoms with van der Waals surface area (Å²) in [5, 5.41) is 0. The van der Waals surface area contributed by atoms with Crippen LogP contribution in [-0.2, 0) is 9.47 Å². The fourth-order valence-corrected chi connectivity index (χ4v) is 2.41. The lowest BCUT2D eigenvalue weighted by Gasteiger charge is -2.11. The molecular weight excluding hydrogens is 212 g/mol. The van der Waals surface area contributed by atoms with E-state index in [1.165, 1.54) is 37.7 Å². The molecule has 2 heteroatoms. The maximum Gasteiger partial charge on any atom is 0.113 e. The lowest BCUT2D eigenvalue weighted by molar-refractivity contribution is 0.329. The fraction of sp³-hybridized carbons (Fsp3) is 0.733. The second-order valence-corrected chi connectivity index (χ2v) is 5.46. The Kier molecular flexibility index (Phi) is 4.05. The largest absolute Gasteiger partial charge is 0.373 e. The summed E-state index contributed by atoms with van der Waals surface area (Å²) in [4.78, 5) is 0. The molecule has 2 saturated heterocycles. The third-order valence-electron chi connectivity index (χ3n) is 3.77. The lowest BCUT2D eigenvalue weighted by Crippen LogP contribution is -2.15. The first-order chi connectivity index (χ1) is 8.16. The Bertz CT molecular complexity index is 293. The topological polar surface area (TPSA) is 25.1 Å². The van der Waals surface area contributed by atoms with E-state index in [0.717, 1.165) is 13.0 Å². The number of rotatable bonds is 4. The smallest absolute Gasteiger partial charge is 0.113 e. The van der Waals surface area contributed by atoms with E-state index >= 15 is 0 Å². The molecule has 1 aliphatic carbocycles. The van der Waals surface area contributed by atoms with Crippen LogP contribution in [0.3, 0.4) is 0 Å². The van der Waals surface area contributed by atoms with Gasteiger partial charge in [-0.15, -0.1) is 13.2 Å². The first kappa shape index (κ1) is 12.8. The zero-order valence-electron chi connectivity index (χ0n) is 10.9. The summed E-state index contributed by atoms with van der Waals surface area (Å²) in [5.74, 6) is 0. The van der Waals surface area contributed by atoms with Crippen molar-refractivity contribution in [3.8, 4) is 0 Å². The standard InChI is InChI=1S/C8H12O.C7H12O/c1-2-8-6-4-3-5-7(8)9-8;1-6(2)3-4-7-5-8-7/h2,7H,1,3-6H2;7H,1,3-5H2,2H3. The van der Waals surface area contributed by atoms with Crippen molar-refractivity contribution in [2.24, 2.45) is 0 Å². The van der Waals surface area contributed by atoms with Gasteiger partial charge in [-0.2, -0.15) is 0 Å². The molecule has 3 fully saturated rings. The molecule has 0 aromatic heterocycles. The first-order valence-electron chi connectivity index (χ1n) is 6.74. The van der Waals surface area contributed by atoms with Crippen molar-refractivity contribution < 1.29 is 9.47 Å². The minimum atomic E-state index is 0.151. The van der Waals surface area contributed by atoms with Gasteiger partial charge in [0.25, 0.3) is 0 Å². The van der Waals surface area contributed by atoms with Gasteiger partial charge in [-0.3, -0.25) is 0 Å². The highest BCUT2D eigenvalue weighted by atomic mass is 16.6. The Hall–Kier alpha value is -0.600. The second kappa shape index (κ2) is 5.36. The van der Waals surface area contributed by atoms with Crippen LogP contribution < -0.4 is 0 Å². The molecule has 0 aromatic carbocycles. The molecule has 0 N–H and O–H groups in total. The predicted molar refractivity (Wildman–Crippen MR) is 70.1 cm³/mol. The van der Waals surface area contributed by atoms with Gasteiger partial charge in [-0.1, -0.05) is 24.5 Å². The molecule has 0 spiro atoms. The summed E-state index contributed by atoms with van der Waals surface area (Å²) in [5.41, 5.74) is 1.42. The van der Waals surface area contributed by atoms with Gasteiger partial charge in [-0.25, -0.2) is 0 Å². The van der Waals surface area contributed by atoms with Gasteiger partial charge in [0, 0.05) is 0 Å². The molecule has 2 aliphatic heterocycles. The van der Waals surface area contributed by atoms with Crippen LogP contribution in [-0.4, -0.2) is 24.4 Å². The van der Waals surface area contributed by atoms with Crippen molar-refractivity contribution in [2.45, 2.75) is 63.3 Å². The molecule has 2 heterocycles. The Labute approximate surface area is 105 Å². The molecule has 3 rings (SSSR count). The lowest BCUT2D eigenvalue weighted by atomic mass is 9.89. The normalized spacial score (nSPS) is 37.2. The van der Waals surface area contributed by atoms with E-state index in [1.807, 2.05) is 6.08 Å². The van der Waals surface area contributed by atoms with Crippen LogP contribution in [0.2, 0.25) is 0 Å². The van der Waals surface area contributed by atoms with Crippen molar-refractivity contribution in [2.75, 3.05) is 6.61 Å². The number of hydrogen-bond acceptors (Lipinski definition) is 2. The van der Waals surface area contributed by atoms with Gasteiger partial charge < -0.3 is 9.47 Å². The summed E-state index contributed by atoms with van der Waals surface area (Å²) < 4.78 is 10.5. The van der Waals surface area contributed by atoms with Gasteiger partial charge in [-0.05, 0) is 32.6 Å². The molecule has 96 valence electrons. The van der Waals surface area contributed by atoms with Crippen molar-refractivity contribution in [1.29, 1.82) is 0 Å². The SMILES string of the molecule is C=C(C)CCC1CO1.C=CC12CCCCC1O2. The van der Waals surface area contributed by atoms with Crippen molar-refractivity contribution in [3.05, 3.63) is 24.8 Å². The zero-order chi connectivity index (χ0) is 12.3. The molecule has 0 amide bonds. The maximum absolute atomic E-state index is 5.50. The Morgan fingerprint density at radius 3 is 2.71 bits per heavy atom. The van der Waals surface area contributed by atoms with Crippen molar-refractivity contribution in [3.63, 3.8) is 0 Å². The summed E-state index contributed by atoms with van der Waals surface area (Å²) in [6.45, 7) is 10.6. The molecule has 1 saturated carbocycles. The van der Waals surface area contributed by atoms with Crippen molar-refractivity contribution in [1.82, 2.24) is 0 Å². The van der Waals surface area contributed by atoms with E-state index in [0.29, 0.717) is 12.2 Å². The van der Waals surface area contributed by atoms with E-state index < -0.39 is 0 Å². The molecule has 0 aromatic rings. The molecule has 3 atom stereocenters. The first-order valence-corrected chi connectivity index (χ1v) is 6.74. The van der Waals surface area contributed by atoms with Crippen LogP contribution in [0, 0.1) is 0 Å². The van der Waals surface area contributed by atoms with Gasteiger partial charge in [0.2, 0.25) is 0 Å². The van der Waals surface area contributed by atoms with Crippen LogP contribution in [0.15, 0.2) is 24.8 Å². The molecule has 0 radical (unpaired) electrons. The fourth-order valence-electron chi connectivity index (χ4n) is 2.41. The molecule has 17 heavy (non-hydrogen) atoms. The molecular formula is C15H24O2. The van der Waals surface area contributed by atoms with E-state index in [4.69, 9.17) is 9.47 Å². The molecule has 0 bridgehead atoms. The quantitative estimate of drug-likeness (QED) is 0.550. The van der Waals surface area contributed by atoms with Gasteiger partial charge in [0.1, 0.15) is 5.60 Å². The average Bonchev–Trinajstić information content (AvgIpc) is 3.21. The monoisotopic (exact) mass is 236 g/mol. The molecule has 3 aliphatic rings. The summed E-state index contributed by atoms with van der Waals surface area (Å²) in [7, 11) is 0. The van der Waals surface area contributed by atoms with E-state index in [2.05, 4.69) is 20.1 Å². The van der Waals surface area contributed by atoms with Gasteiger partial charge >= 0.3 is 0 Å². The van der Waals surface area contributed by atoms with Gasteiger partial charge in [0.05, 0.1) is 18.8 Å². The number of ether oxygens (including phenoxy) is 2. The van der Waals surface area contributed by atoms with E-state index in [1.54, 1.807) is 0 Å². The Morgan fingerprint density at radius 2 is 2.24 bits per heavy atom. The zero-order valence-corrected chi connectivity index (χ0v) is 10.9. The van der Waals surface area contributed by atoms with Crippen molar-refractivity contribution >= 4 is 0 Å². The summed E-state index contributed by atoms with van der Waals surface area (Å²) in [6, 6.07) is 0. The third-order valence-corrected chi connectivity index (χ3v) is 3.77. The highest BCUT2D eigenvalue weighted by molar-refractivity contribution is 5.15. The number of fused-ring (bicyclic) bond motifs is 1. The predicted octanol–water partition coefficient (Wildman–Crippen LogP) is 3.63. The number of hydrogen-bond donors (Lipinski definition) is 0. The van der Waals surface area contributed by atoms with Crippen LogP contribution in [0.5, 0.6) is 0 Å². The number of allylic oxidation sites excluding steroid dienone is 1.